The Bertz CT molecular complexity index is 393. The van der Waals surface area contributed by atoms with Crippen molar-refractivity contribution in [3.8, 4) is 0 Å². The van der Waals surface area contributed by atoms with Crippen molar-refractivity contribution in [3.05, 3.63) is 42.0 Å². The van der Waals surface area contributed by atoms with Gasteiger partial charge in [-0.2, -0.15) is 0 Å². The van der Waals surface area contributed by atoms with E-state index in [1.165, 1.54) is 11.1 Å². The van der Waals surface area contributed by atoms with Crippen molar-refractivity contribution in [2.45, 2.75) is 33.3 Å². The molecule has 1 aromatic carbocycles. The number of rotatable bonds is 1. The second kappa shape index (κ2) is 5.05. The summed E-state index contributed by atoms with van der Waals surface area (Å²) in [7, 11) is 0. The number of allylic oxidation sites excluding steroid dienone is 1. The molecule has 1 nitrogen and oxygen atoms in total. The Morgan fingerprint density at radius 3 is 2.29 bits per heavy atom. The summed E-state index contributed by atoms with van der Waals surface area (Å²) in [4.78, 5) is 0. The normalized spacial score (nSPS) is 34.0. The number of hydrogen-bond donors (Lipinski definition) is 1. The van der Waals surface area contributed by atoms with Crippen LogP contribution in [0.2, 0.25) is 0 Å². The highest BCUT2D eigenvalue weighted by Crippen LogP contribution is 2.37. The smallest absolute Gasteiger partial charge is 0.0603 e. The van der Waals surface area contributed by atoms with Gasteiger partial charge in [-0.05, 0) is 35.3 Å². The van der Waals surface area contributed by atoms with Crippen LogP contribution in [0.4, 0.5) is 0 Å². The van der Waals surface area contributed by atoms with E-state index in [-0.39, 0.29) is 6.10 Å². The Balaban J connectivity index is 2.34. The molecule has 0 amide bonds. The lowest BCUT2D eigenvalue weighted by molar-refractivity contribution is 0.0848. The van der Waals surface area contributed by atoms with Crippen molar-refractivity contribution in [3.63, 3.8) is 0 Å². The highest BCUT2D eigenvalue weighted by atomic mass is 16.3. The SMILES string of the molecule is C[C@H]1[C@H](C)[C@@H](C)C(c2ccccc2)=CC[C@@H]1O. The molecule has 2 rings (SSSR count). The van der Waals surface area contributed by atoms with E-state index in [0.717, 1.165) is 6.42 Å². The van der Waals surface area contributed by atoms with Gasteiger partial charge in [0.05, 0.1) is 6.10 Å². The van der Waals surface area contributed by atoms with Gasteiger partial charge >= 0.3 is 0 Å². The van der Waals surface area contributed by atoms with Crippen LogP contribution in [-0.4, -0.2) is 11.2 Å². The lowest BCUT2D eigenvalue weighted by Crippen LogP contribution is -2.25. The fraction of sp³-hybridized carbons (Fsp3) is 0.500. The zero-order valence-corrected chi connectivity index (χ0v) is 10.9. The maximum atomic E-state index is 10.1. The molecule has 0 bridgehead atoms. The monoisotopic (exact) mass is 230 g/mol. The number of benzene rings is 1. The summed E-state index contributed by atoms with van der Waals surface area (Å²) in [5.41, 5.74) is 2.69. The molecule has 1 N–H and O–H groups in total. The summed E-state index contributed by atoms with van der Waals surface area (Å²) in [6.07, 6.45) is 2.80. The minimum Gasteiger partial charge on any atom is -0.393 e. The van der Waals surface area contributed by atoms with Gasteiger partial charge in [-0.25, -0.2) is 0 Å². The zero-order chi connectivity index (χ0) is 12.4. The Morgan fingerprint density at radius 2 is 1.65 bits per heavy atom. The fourth-order valence-corrected chi connectivity index (χ4v) is 2.75. The van der Waals surface area contributed by atoms with E-state index in [4.69, 9.17) is 0 Å². The van der Waals surface area contributed by atoms with Gasteiger partial charge in [-0.1, -0.05) is 57.2 Å². The van der Waals surface area contributed by atoms with E-state index < -0.39 is 0 Å². The average Bonchev–Trinajstić information content (AvgIpc) is 2.45. The lowest BCUT2D eigenvalue weighted by atomic mass is 9.79. The third-order valence-electron chi connectivity index (χ3n) is 4.40. The first kappa shape index (κ1) is 12.4. The molecule has 1 aromatic rings. The molecule has 17 heavy (non-hydrogen) atoms. The average molecular weight is 230 g/mol. The second-order valence-electron chi connectivity index (χ2n) is 5.34. The first-order valence-corrected chi connectivity index (χ1v) is 6.54. The molecule has 0 aromatic heterocycles. The molecular weight excluding hydrogens is 208 g/mol. The van der Waals surface area contributed by atoms with Crippen LogP contribution in [0.1, 0.15) is 32.8 Å². The van der Waals surface area contributed by atoms with E-state index in [2.05, 4.69) is 51.1 Å². The van der Waals surface area contributed by atoms with Crippen molar-refractivity contribution < 1.29 is 5.11 Å². The molecule has 1 aliphatic carbocycles. The lowest BCUT2D eigenvalue weighted by Gasteiger charge is -2.27. The summed E-state index contributed by atoms with van der Waals surface area (Å²) in [5.74, 6) is 1.38. The van der Waals surface area contributed by atoms with Gasteiger partial charge in [0, 0.05) is 0 Å². The zero-order valence-electron chi connectivity index (χ0n) is 10.9. The summed E-state index contributed by atoms with van der Waals surface area (Å²) < 4.78 is 0. The van der Waals surface area contributed by atoms with Gasteiger partial charge in [-0.15, -0.1) is 0 Å². The number of aliphatic hydroxyl groups is 1. The third kappa shape index (κ3) is 2.44. The Hall–Kier alpha value is -1.08. The summed E-state index contributed by atoms with van der Waals surface area (Å²) in [5, 5.41) is 10.1. The summed E-state index contributed by atoms with van der Waals surface area (Å²) in [6, 6.07) is 10.5. The topological polar surface area (TPSA) is 20.2 Å². The first-order chi connectivity index (χ1) is 8.11. The molecule has 4 atom stereocenters. The van der Waals surface area contributed by atoms with E-state index in [1.807, 2.05) is 6.07 Å². The first-order valence-electron chi connectivity index (χ1n) is 6.54. The minimum absolute atomic E-state index is 0.200. The van der Waals surface area contributed by atoms with Crippen LogP contribution in [0.3, 0.4) is 0 Å². The molecule has 0 spiro atoms. The van der Waals surface area contributed by atoms with E-state index in [1.54, 1.807) is 0 Å². The summed E-state index contributed by atoms with van der Waals surface area (Å²) >= 11 is 0. The van der Waals surface area contributed by atoms with Gasteiger partial charge in [0.2, 0.25) is 0 Å². The molecule has 0 fully saturated rings. The molecule has 0 saturated carbocycles. The molecular formula is C16H22O. The van der Waals surface area contributed by atoms with Crippen LogP contribution < -0.4 is 0 Å². The van der Waals surface area contributed by atoms with Crippen molar-refractivity contribution in [2.75, 3.05) is 0 Å². The van der Waals surface area contributed by atoms with Crippen LogP contribution in [0.5, 0.6) is 0 Å². The predicted octanol–water partition coefficient (Wildman–Crippen LogP) is 3.74. The van der Waals surface area contributed by atoms with Gasteiger partial charge in [0.15, 0.2) is 0 Å². The second-order valence-corrected chi connectivity index (χ2v) is 5.34. The quantitative estimate of drug-likeness (QED) is 0.779. The molecule has 0 radical (unpaired) electrons. The minimum atomic E-state index is -0.200. The maximum absolute atomic E-state index is 10.1. The van der Waals surface area contributed by atoms with Gasteiger partial charge in [0.25, 0.3) is 0 Å². The maximum Gasteiger partial charge on any atom is 0.0603 e. The Labute approximate surface area is 104 Å². The largest absolute Gasteiger partial charge is 0.393 e. The van der Waals surface area contributed by atoms with Gasteiger partial charge in [-0.3, -0.25) is 0 Å². The van der Waals surface area contributed by atoms with Crippen molar-refractivity contribution >= 4 is 5.57 Å². The fourth-order valence-electron chi connectivity index (χ4n) is 2.75. The van der Waals surface area contributed by atoms with E-state index >= 15 is 0 Å². The van der Waals surface area contributed by atoms with Crippen LogP contribution in [0.15, 0.2) is 36.4 Å². The van der Waals surface area contributed by atoms with Crippen LogP contribution in [-0.2, 0) is 0 Å². The molecule has 0 heterocycles. The van der Waals surface area contributed by atoms with E-state index in [0.29, 0.717) is 17.8 Å². The molecule has 1 aliphatic rings. The van der Waals surface area contributed by atoms with Crippen LogP contribution in [0, 0.1) is 17.8 Å². The highest BCUT2D eigenvalue weighted by molar-refractivity contribution is 5.67. The molecule has 0 saturated heterocycles. The molecule has 0 unspecified atom stereocenters. The number of aliphatic hydroxyl groups excluding tert-OH is 1. The molecule has 1 heteroatoms. The summed E-state index contributed by atoms with van der Waals surface area (Å²) in [6.45, 7) is 6.69. The Kier molecular flexibility index (Phi) is 3.68. The Morgan fingerprint density at radius 1 is 1.00 bits per heavy atom. The highest BCUT2D eigenvalue weighted by Gasteiger charge is 2.29. The van der Waals surface area contributed by atoms with Crippen molar-refractivity contribution in [1.29, 1.82) is 0 Å². The predicted molar refractivity (Wildman–Crippen MR) is 72.5 cm³/mol. The van der Waals surface area contributed by atoms with Crippen molar-refractivity contribution in [1.82, 2.24) is 0 Å². The molecule has 92 valence electrons. The van der Waals surface area contributed by atoms with E-state index in [9.17, 15) is 5.11 Å². The van der Waals surface area contributed by atoms with Crippen LogP contribution >= 0.6 is 0 Å². The number of hydrogen-bond acceptors (Lipinski definition) is 1. The third-order valence-corrected chi connectivity index (χ3v) is 4.40. The van der Waals surface area contributed by atoms with Gasteiger partial charge < -0.3 is 5.11 Å². The molecule has 0 aliphatic heterocycles. The van der Waals surface area contributed by atoms with Gasteiger partial charge in [0.1, 0.15) is 0 Å². The standard InChI is InChI=1S/C16H22O/c1-11-12(2)15(9-10-16(17)13(11)3)14-7-5-4-6-8-14/h4-9,11-13,16-17H,10H2,1-3H3/t11-,12-,13+,16+/m1/s1. The van der Waals surface area contributed by atoms with Crippen LogP contribution in [0.25, 0.3) is 5.57 Å². The van der Waals surface area contributed by atoms with Crippen molar-refractivity contribution in [2.24, 2.45) is 17.8 Å².